The Kier molecular flexibility index (Phi) is 7.88. The van der Waals surface area contributed by atoms with Gasteiger partial charge in [0.25, 0.3) is 0 Å². The van der Waals surface area contributed by atoms with Crippen LogP contribution in [0, 0.1) is 0 Å². The number of hydrogen-bond donors (Lipinski definition) is 5. The maximum atomic E-state index is 11.6. The van der Waals surface area contributed by atoms with Gasteiger partial charge in [0.05, 0.1) is 0 Å². The van der Waals surface area contributed by atoms with Gasteiger partial charge in [0.1, 0.15) is 17.6 Å². The fourth-order valence-corrected chi connectivity index (χ4v) is 4.02. The van der Waals surface area contributed by atoms with Crippen molar-refractivity contribution in [3.63, 3.8) is 0 Å². The minimum Gasteiger partial charge on any atom is -0.480 e. The second-order valence-electron chi connectivity index (χ2n) is 4.57. The van der Waals surface area contributed by atoms with Crippen molar-refractivity contribution in [2.24, 2.45) is 0 Å². The molecule has 0 fully saturated rings. The monoisotopic (exact) mass is 357 g/mol. The Labute approximate surface area is 128 Å². The van der Waals surface area contributed by atoms with Crippen LogP contribution in [0.1, 0.15) is 19.8 Å². The fourth-order valence-electron chi connectivity index (χ4n) is 2.06. The van der Waals surface area contributed by atoms with Gasteiger partial charge in [-0.25, -0.2) is 0 Å². The molecule has 0 aromatic carbocycles. The first-order chi connectivity index (χ1) is 9.91. The van der Waals surface area contributed by atoms with Crippen molar-refractivity contribution in [3.05, 3.63) is 25.3 Å². The highest BCUT2D eigenvalue weighted by atomic mass is 31.2. The van der Waals surface area contributed by atoms with Crippen LogP contribution in [-0.4, -0.2) is 53.2 Å². The number of hydrogen-bond acceptors (Lipinski definition) is 4. The Morgan fingerprint density at radius 2 is 1.45 bits per heavy atom. The Bertz CT molecular complexity index is 476. The van der Waals surface area contributed by atoms with E-state index in [1.165, 1.54) is 0 Å². The summed E-state index contributed by atoms with van der Waals surface area (Å²) in [4.78, 5) is 49.5. The molecule has 0 aliphatic heterocycles. The van der Waals surface area contributed by atoms with Crippen LogP contribution in [0.15, 0.2) is 25.3 Å². The first kappa shape index (κ1) is 21.2. The van der Waals surface area contributed by atoms with E-state index in [4.69, 9.17) is 0 Å². The van der Waals surface area contributed by atoms with Gasteiger partial charge in [-0.3, -0.25) is 18.8 Å². The molecule has 0 aliphatic rings. The van der Waals surface area contributed by atoms with Gasteiger partial charge in [-0.2, -0.15) is 0 Å². The number of carbonyl (C=O) groups is 1. The summed E-state index contributed by atoms with van der Waals surface area (Å²) in [5, 5.41) is 9.28. The molecule has 0 amide bonds. The zero-order chi connectivity index (χ0) is 17.7. The van der Waals surface area contributed by atoms with E-state index in [2.05, 4.69) is 13.2 Å². The molecule has 0 aromatic rings. The van der Waals surface area contributed by atoms with Crippen molar-refractivity contribution < 1.29 is 38.6 Å². The summed E-state index contributed by atoms with van der Waals surface area (Å²) in [6, 6.07) is -1.52. The summed E-state index contributed by atoms with van der Waals surface area (Å²) in [5.74, 6) is -5.19. The molecule has 3 atom stereocenters. The van der Waals surface area contributed by atoms with E-state index in [9.17, 15) is 38.6 Å². The summed E-state index contributed by atoms with van der Waals surface area (Å²) < 4.78 is 23.2. The number of rotatable bonds is 10. The maximum absolute atomic E-state index is 11.6. The summed E-state index contributed by atoms with van der Waals surface area (Å²) >= 11 is 0. The highest BCUT2D eigenvalue weighted by Crippen LogP contribution is 2.52. The lowest BCUT2D eigenvalue weighted by molar-refractivity contribution is -0.143. The van der Waals surface area contributed by atoms with Gasteiger partial charge in [0, 0.05) is 0 Å². The van der Waals surface area contributed by atoms with Crippen LogP contribution in [0.5, 0.6) is 0 Å². The van der Waals surface area contributed by atoms with E-state index in [1.54, 1.807) is 6.92 Å². The lowest BCUT2D eigenvalue weighted by Crippen LogP contribution is -2.51. The Balaban J connectivity index is 6.22. The highest BCUT2D eigenvalue weighted by Gasteiger charge is 2.46. The molecule has 22 heavy (non-hydrogen) atoms. The third kappa shape index (κ3) is 5.44. The van der Waals surface area contributed by atoms with E-state index in [1.807, 2.05) is 0 Å². The Hall–Kier alpha value is -0.790. The highest BCUT2D eigenvalue weighted by molar-refractivity contribution is 7.53. The molecule has 0 radical (unpaired) electrons. The average Bonchev–Trinajstić information content (AvgIpc) is 2.32. The topological polar surface area (TPSA) is 156 Å². The molecule has 0 heterocycles. The Morgan fingerprint density at radius 1 is 1.09 bits per heavy atom. The van der Waals surface area contributed by atoms with Crippen LogP contribution in [0.2, 0.25) is 0 Å². The van der Waals surface area contributed by atoms with Gasteiger partial charge in [-0.15, -0.1) is 13.2 Å². The zero-order valence-electron chi connectivity index (χ0n) is 12.0. The molecule has 0 aromatic heterocycles. The average molecular weight is 357 g/mol. The van der Waals surface area contributed by atoms with Crippen LogP contribution in [0.3, 0.4) is 0 Å². The van der Waals surface area contributed by atoms with Crippen molar-refractivity contribution in [1.82, 2.24) is 4.90 Å². The van der Waals surface area contributed by atoms with Crippen LogP contribution < -0.4 is 0 Å². The predicted octanol–water partition coefficient (Wildman–Crippen LogP) is 0.921. The molecule has 0 saturated carbocycles. The van der Waals surface area contributed by atoms with E-state index in [-0.39, 0.29) is 6.42 Å². The summed E-state index contributed by atoms with van der Waals surface area (Å²) in [6.45, 7) is 8.10. The first-order valence-corrected chi connectivity index (χ1v) is 9.63. The zero-order valence-corrected chi connectivity index (χ0v) is 13.8. The van der Waals surface area contributed by atoms with Gasteiger partial charge in [-0.1, -0.05) is 25.5 Å². The quantitative estimate of drug-likeness (QED) is 0.283. The minimum absolute atomic E-state index is 0.0655. The number of nitrogens with zero attached hydrogens (tertiary/aromatic N) is 1. The molecule has 2 unspecified atom stereocenters. The van der Waals surface area contributed by atoms with Gasteiger partial charge in [0.2, 0.25) is 0 Å². The van der Waals surface area contributed by atoms with E-state index in [0.717, 1.165) is 12.2 Å². The lowest BCUT2D eigenvalue weighted by atomic mass is 10.1. The van der Waals surface area contributed by atoms with Gasteiger partial charge in [0.15, 0.2) is 0 Å². The maximum Gasteiger partial charge on any atom is 0.346 e. The smallest absolute Gasteiger partial charge is 0.346 e. The number of aliphatic carboxylic acids is 1. The summed E-state index contributed by atoms with van der Waals surface area (Å²) in [7, 11) is -9.86. The van der Waals surface area contributed by atoms with Crippen molar-refractivity contribution in [2.75, 3.05) is 0 Å². The molecule has 0 aliphatic carbocycles. The van der Waals surface area contributed by atoms with Crippen LogP contribution in [-0.2, 0) is 13.9 Å². The SMILES string of the molecule is C=CC(N(C(C=C)P(=O)(O)O)[C@@H](CCC)C(=O)O)P(=O)(O)O. The molecule has 0 spiro atoms. The molecular weight excluding hydrogens is 336 g/mol. The minimum atomic E-state index is -4.93. The third-order valence-corrected chi connectivity index (χ3v) is 5.26. The summed E-state index contributed by atoms with van der Waals surface area (Å²) in [6.07, 6.45) is 1.81. The third-order valence-electron chi connectivity index (χ3n) is 2.93. The molecule has 0 rings (SSSR count). The standard InChI is InChI=1S/C11H21NO8P2/c1-4-7-8(11(13)14)12(9(5-2)21(15,16)17)10(6-3)22(18,19)20/h5-6,8-10H,2-4,7H2,1H3,(H,13,14)(H2,15,16,17)(H2,18,19,20)/t8-,9?,10?/m0/s1. The predicted molar refractivity (Wildman–Crippen MR) is 80.2 cm³/mol. The largest absolute Gasteiger partial charge is 0.480 e. The first-order valence-electron chi connectivity index (χ1n) is 6.27. The van der Waals surface area contributed by atoms with Gasteiger partial charge in [-0.05, 0) is 6.42 Å². The van der Waals surface area contributed by atoms with Crippen molar-refractivity contribution in [2.45, 2.75) is 37.4 Å². The van der Waals surface area contributed by atoms with E-state index in [0.29, 0.717) is 11.3 Å². The fraction of sp³-hybridized carbons (Fsp3) is 0.545. The molecule has 5 N–H and O–H groups in total. The molecule has 128 valence electrons. The molecule has 0 bridgehead atoms. The second kappa shape index (κ2) is 8.17. The van der Waals surface area contributed by atoms with E-state index >= 15 is 0 Å². The van der Waals surface area contributed by atoms with Crippen molar-refractivity contribution in [1.29, 1.82) is 0 Å². The van der Waals surface area contributed by atoms with Gasteiger partial charge >= 0.3 is 21.2 Å². The normalized spacial score (nSPS) is 16.8. The molecule has 11 heteroatoms. The van der Waals surface area contributed by atoms with Crippen LogP contribution in [0.4, 0.5) is 0 Å². The second-order valence-corrected chi connectivity index (χ2v) is 7.98. The van der Waals surface area contributed by atoms with Crippen LogP contribution in [0.25, 0.3) is 0 Å². The van der Waals surface area contributed by atoms with E-state index < -0.39 is 38.8 Å². The lowest BCUT2D eigenvalue weighted by Gasteiger charge is -2.39. The number of carboxylic acid groups (broad SMARTS) is 1. The molecular formula is C11H21NO8P2. The molecule has 9 nitrogen and oxygen atoms in total. The van der Waals surface area contributed by atoms with Crippen molar-refractivity contribution >= 4 is 21.2 Å². The number of carboxylic acids is 1. The van der Waals surface area contributed by atoms with Gasteiger partial charge < -0.3 is 24.7 Å². The summed E-state index contributed by atoms with van der Waals surface area (Å²) in [5.41, 5.74) is 0. The van der Waals surface area contributed by atoms with Crippen LogP contribution >= 0.6 is 15.2 Å². The van der Waals surface area contributed by atoms with Crippen molar-refractivity contribution in [3.8, 4) is 0 Å². The molecule has 0 saturated heterocycles. The Morgan fingerprint density at radius 3 is 1.64 bits per heavy atom.